The fraction of sp³-hybridized carbons (Fsp3) is 0.222. The molecule has 0 unspecified atom stereocenters. The van der Waals surface area contributed by atoms with E-state index < -0.39 is 24.0 Å². The van der Waals surface area contributed by atoms with Gasteiger partial charge >= 0.3 is 12.1 Å². The van der Waals surface area contributed by atoms with Gasteiger partial charge in [-0.15, -0.1) is 0 Å². The van der Waals surface area contributed by atoms with Crippen molar-refractivity contribution in [2.45, 2.75) is 25.2 Å². The second kappa shape index (κ2) is 8.32. The number of amides is 2. The van der Waals surface area contributed by atoms with E-state index in [2.05, 4.69) is 5.32 Å². The molecule has 25 heavy (non-hydrogen) atoms. The van der Waals surface area contributed by atoms with E-state index in [1.54, 1.807) is 30.3 Å². The first kappa shape index (κ1) is 18.5. The van der Waals surface area contributed by atoms with E-state index in [-0.39, 0.29) is 13.0 Å². The summed E-state index contributed by atoms with van der Waals surface area (Å²) in [5.74, 6) is -2.53. The van der Waals surface area contributed by atoms with E-state index in [4.69, 9.17) is 0 Å². The maximum atomic E-state index is 12.5. The van der Waals surface area contributed by atoms with Gasteiger partial charge in [0, 0.05) is 6.54 Å². The molecular weight excluding hydrogens is 333 g/mol. The molecule has 0 spiro atoms. The van der Waals surface area contributed by atoms with Crippen LogP contribution in [-0.2, 0) is 16.1 Å². The zero-order chi connectivity index (χ0) is 18.3. The van der Waals surface area contributed by atoms with Gasteiger partial charge < -0.3 is 10.6 Å². The first-order valence-corrected chi connectivity index (χ1v) is 7.59. The Hall–Kier alpha value is -2.83. The molecular formula is C18H17F3N2O2. The van der Waals surface area contributed by atoms with Crippen LogP contribution < -0.4 is 10.6 Å². The highest BCUT2D eigenvalue weighted by Crippen LogP contribution is 2.21. The second-order valence-corrected chi connectivity index (χ2v) is 5.40. The van der Waals surface area contributed by atoms with Crippen molar-refractivity contribution in [3.63, 3.8) is 0 Å². The fourth-order valence-corrected chi connectivity index (χ4v) is 2.23. The lowest BCUT2D eigenvalue weighted by atomic mass is 10.0. The van der Waals surface area contributed by atoms with Crippen LogP contribution in [0.3, 0.4) is 0 Å². The Morgan fingerprint density at radius 3 is 2.04 bits per heavy atom. The van der Waals surface area contributed by atoms with Crippen LogP contribution in [-0.4, -0.2) is 18.0 Å². The van der Waals surface area contributed by atoms with Gasteiger partial charge in [0.05, 0.1) is 12.5 Å². The Morgan fingerprint density at radius 1 is 0.920 bits per heavy atom. The molecule has 2 N–H and O–H groups in total. The molecule has 0 aromatic heterocycles. The molecule has 0 saturated heterocycles. The van der Waals surface area contributed by atoms with E-state index in [0.29, 0.717) is 5.56 Å². The van der Waals surface area contributed by atoms with Crippen LogP contribution in [0.5, 0.6) is 0 Å². The highest BCUT2D eigenvalue weighted by atomic mass is 19.4. The molecule has 0 aliphatic carbocycles. The topological polar surface area (TPSA) is 58.2 Å². The lowest BCUT2D eigenvalue weighted by molar-refractivity contribution is -0.174. The standard InChI is InChI=1S/C18H17F3N2O2/c19-18(20,21)17(25)23-15(14-9-5-2-6-10-14)11-16(24)22-12-13-7-3-1-4-8-13/h1-10,15H,11-12H2,(H,22,24)(H,23,25)/t15-/m1/s1. The van der Waals surface area contributed by atoms with Gasteiger partial charge in [-0.05, 0) is 11.1 Å². The number of benzene rings is 2. The van der Waals surface area contributed by atoms with Gasteiger partial charge in [0.15, 0.2) is 0 Å². The number of halogens is 3. The molecule has 0 saturated carbocycles. The van der Waals surface area contributed by atoms with Gasteiger partial charge in [0.2, 0.25) is 5.91 Å². The van der Waals surface area contributed by atoms with Crippen LogP contribution in [0.4, 0.5) is 13.2 Å². The smallest absolute Gasteiger partial charge is 0.352 e. The molecule has 2 amide bonds. The maximum absolute atomic E-state index is 12.5. The van der Waals surface area contributed by atoms with Crippen LogP contribution in [0.1, 0.15) is 23.6 Å². The molecule has 2 aromatic carbocycles. The van der Waals surface area contributed by atoms with Crippen molar-refractivity contribution in [3.8, 4) is 0 Å². The number of hydrogen-bond donors (Lipinski definition) is 2. The van der Waals surface area contributed by atoms with Crippen LogP contribution in [0.15, 0.2) is 60.7 Å². The van der Waals surface area contributed by atoms with Crippen molar-refractivity contribution in [3.05, 3.63) is 71.8 Å². The predicted molar refractivity (Wildman–Crippen MR) is 86.3 cm³/mol. The molecule has 1 atom stereocenters. The summed E-state index contributed by atoms with van der Waals surface area (Å²) in [4.78, 5) is 23.3. The Bertz CT molecular complexity index is 703. The first-order chi connectivity index (χ1) is 11.9. The third kappa shape index (κ3) is 5.95. The molecule has 4 nitrogen and oxygen atoms in total. The minimum absolute atomic E-state index is 0.258. The minimum atomic E-state index is -5.01. The summed E-state index contributed by atoms with van der Waals surface area (Å²) in [6.45, 7) is 0.258. The van der Waals surface area contributed by atoms with Crippen LogP contribution in [0.2, 0.25) is 0 Å². The number of nitrogens with one attached hydrogen (secondary N) is 2. The second-order valence-electron chi connectivity index (χ2n) is 5.40. The monoisotopic (exact) mass is 350 g/mol. The third-order valence-corrected chi connectivity index (χ3v) is 3.49. The molecule has 0 aliphatic heterocycles. The van der Waals surface area contributed by atoms with Crippen LogP contribution in [0, 0.1) is 0 Å². The Morgan fingerprint density at radius 2 is 1.48 bits per heavy atom. The fourth-order valence-electron chi connectivity index (χ4n) is 2.23. The quantitative estimate of drug-likeness (QED) is 0.841. The summed E-state index contributed by atoms with van der Waals surface area (Å²) in [5.41, 5.74) is 1.29. The summed E-state index contributed by atoms with van der Waals surface area (Å²) >= 11 is 0. The summed E-state index contributed by atoms with van der Waals surface area (Å²) < 4.78 is 37.6. The molecule has 2 aromatic rings. The van der Waals surface area contributed by atoms with Gasteiger partial charge in [0.25, 0.3) is 0 Å². The molecule has 0 fully saturated rings. The van der Waals surface area contributed by atoms with Gasteiger partial charge in [-0.2, -0.15) is 13.2 Å². The first-order valence-electron chi connectivity index (χ1n) is 7.59. The molecule has 132 valence electrons. The highest BCUT2D eigenvalue weighted by molar-refractivity contribution is 5.83. The average molecular weight is 350 g/mol. The van der Waals surface area contributed by atoms with Crippen molar-refractivity contribution >= 4 is 11.8 Å². The van der Waals surface area contributed by atoms with E-state index >= 15 is 0 Å². The summed E-state index contributed by atoms with van der Waals surface area (Å²) in [5, 5.41) is 4.52. The SMILES string of the molecule is O=C(C[C@@H](NC(=O)C(F)(F)F)c1ccccc1)NCc1ccccc1. The lowest BCUT2D eigenvalue weighted by Crippen LogP contribution is -2.40. The molecule has 0 radical (unpaired) electrons. The van der Waals surface area contributed by atoms with Gasteiger partial charge in [-0.3, -0.25) is 9.59 Å². The van der Waals surface area contributed by atoms with Crippen molar-refractivity contribution in [2.75, 3.05) is 0 Å². The van der Waals surface area contributed by atoms with Crippen LogP contribution >= 0.6 is 0 Å². The van der Waals surface area contributed by atoms with Gasteiger partial charge in [-0.25, -0.2) is 0 Å². The molecule has 0 heterocycles. The van der Waals surface area contributed by atoms with E-state index in [1.807, 2.05) is 35.6 Å². The van der Waals surface area contributed by atoms with Crippen molar-refractivity contribution < 1.29 is 22.8 Å². The highest BCUT2D eigenvalue weighted by Gasteiger charge is 2.40. The maximum Gasteiger partial charge on any atom is 0.471 e. The number of rotatable bonds is 6. The van der Waals surface area contributed by atoms with Crippen LogP contribution in [0.25, 0.3) is 0 Å². The van der Waals surface area contributed by atoms with E-state index in [1.165, 1.54) is 0 Å². The Balaban J connectivity index is 2.02. The number of alkyl halides is 3. The largest absolute Gasteiger partial charge is 0.471 e. The van der Waals surface area contributed by atoms with Crippen molar-refractivity contribution in [1.29, 1.82) is 0 Å². The molecule has 7 heteroatoms. The summed E-state index contributed by atoms with van der Waals surface area (Å²) in [6, 6.07) is 16.1. The average Bonchev–Trinajstić information content (AvgIpc) is 2.60. The number of hydrogen-bond acceptors (Lipinski definition) is 2. The molecule has 0 aliphatic rings. The lowest BCUT2D eigenvalue weighted by Gasteiger charge is -2.20. The van der Waals surface area contributed by atoms with E-state index in [0.717, 1.165) is 5.56 Å². The van der Waals surface area contributed by atoms with Gasteiger partial charge in [-0.1, -0.05) is 60.7 Å². The van der Waals surface area contributed by atoms with E-state index in [9.17, 15) is 22.8 Å². The van der Waals surface area contributed by atoms with Crippen molar-refractivity contribution in [2.24, 2.45) is 0 Å². The minimum Gasteiger partial charge on any atom is -0.352 e. The van der Waals surface area contributed by atoms with Crippen molar-refractivity contribution in [1.82, 2.24) is 10.6 Å². The molecule has 0 bridgehead atoms. The molecule has 2 rings (SSSR count). The summed E-state index contributed by atoms with van der Waals surface area (Å²) in [7, 11) is 0. The Kier molecular flexibility index (Phi) is 6.16. The summed E-state index contributed by atoms with van der Waals surface area (Å²) in [6.07, 6.45) is -5.30. The zero-order valence-corrected chi connectivity index (χ0v) is 13.2. The third-order valence-electron chi connectivity index (χ3n) is 3.49. The normalized spacial score (nSPS) is 12.3. The zero-order valence-electron chi connectivity index (χ0n) is 13.2. The number of carbonyl (C=O) groups excluding carboxylic acids is 2. The van der Waals surface area contributed by atoms with Gasteiger partial charge in [0.1, 0.15) is 0 Å². The Labute approximate surface area is 143 Å². The number of carbonyl (C=O) groups is 2. The predicted octanol–water partition coefficient (Wildman–Crippen LogP) is 3.11.